The van der Waals surface area contributed by atoms with E-state index in [0.717, 1.165) is 19.3 Å². The first kappa shape index (κ1) is 19.3. The van der Waals surface area contributed by atoms with Crippen molar-refractivity contribution in [3.05, 3.63) is 59.0 Å². The molecule has 155 valence electrons. The van der Waals surface area contributed by atoms with E-state index in [2.05, 4.69) is 57.5 Å². The van der Waals surface area contributed by atoms with Crippen LogP contribution < -0.4 is 0 Å². The number of carbonyl (C=O) groups excluding carboxylic acids is 1. The van der Waals surface area contributed by atoms with Gasteiger partial charge in [0.1, 0.15) is 5.78 Å². The lowest BCUT2D eigenvalue weighted by molar-refractivity contribution is -0.131. The molecular formula is C28H37O. The van der Waals surface area contributed by atoms with Crippen molar-refractivity contribution in [2.24, 2.45) is 23.2 Å². The lowest BCUT2D eigenvalue weighted by Gasteiger charge is -2.52. The molecule has 2 saturated carbocycles. The summed E-state index contributed by atoms with van der Waals surface area (Å²) in [5.41, 5.74) is 7.40. The highest BCUT2D eigenvalue weighted by atomic mass is 16.1. The molecule has 0 saturated heterocycles. The number of carbonyl (C=O) groups is 1. The number of rotatable bonds is 5. The minimum Gasteiger partial charge on any atom is -0.299 e. The molecule has 0 aliphatic heterocycles. The molecule has 1 radical (unpaired) electrons. The first-order valence-electron chi connectivity index (χ1n) is 11.8. The SMILES string of the molecule is CC(C)=CCCC[C@H]1C[C@]2(C)C(=O)CCC2C2CCc3cc(C4=C[CH]4)ccc3C21.[HH]. The Balaban J connectivity index is 0.00000218. The lowest BCUT2D eigenvalue weighted by atomic mass is 9.51. The van der Waals surface area contributed by atoms with Gasteiger partial charge in [-0.3, -0.25) is 4.79 Å². The molecule has 1 nitrogen and oxygen atoms in total. The minimum absolute atomic E-state index is 0. The van der Waals surface area contributed by atoms with Crippen LogP contribution in [0, 0.1) is 29.6 Å². The molecule has 0 spiro atoms. The summed E-state index contributed by atoms with van der Waals surface area (Å²) in [6.45, 7) is 6.71. The van der Waals surface area contributed by atoms with Gasteiger partial charge in [0.05, 0.1) is 0 Å². The van der Waals surface area contributed by atoms with E-state index in [1.54, 1.807) is 11.1 Å². The molecule has 0 amide bonds. The number of fused-ring (bicyclic) bond motifs is 5. The van der Waals surface area contributed by atoms with E-state index in [0.29, 0.717) is 29.5 Å². The van der Waals surface area contributed by atoms with Crippen molar-refractivity contribution in [2.45, 2.75) is 78.1 Å². The van der Waals surface area contributed by atoms with E-state index in [1.165, 1.54) is 48.8 Å². The third-order valence-corrected chi connectivity index (χ3v) is 8.56. The second-order valence-corrected chi connectivity index (χ2v) is 10.6. The number of ketones is 1. The van der Waals surface area contributed by atoms with E-state index >= 15 is 0 Å². The molecule has 4 aliphatic rings. The van der Waals surface area contributed by atoms with E-state index in [9.17, 15) is 4.79 Å². The maximum absolute atomic E-state index is 12.9. The Hall–Kier alpha value is -1.63. The highest BCUT2D eigenvalue weighted by Crippen LogP contribution is 2.62. The van der Waals surface area contributed by atoms with Crippen molar-refractivity contribution >= 4 is 11.4 Å². The number of aryl methyl sites for hydroxylation is 1. The average molecular weight is 390 g/mol. The number of Topliss-reactive ketones (excluding diaryl/α,β-unsaturated/α-hetero) is 1. The lowest BCUT2D eigenvalue weighted by Crippen LogP contribution is -2.46. The zero-order valence-corrected chi connectivity index (χ0v) is 18.3. The highest BCUT2D eigenvalue weighted by molar-refractivity contribution is 5.88. The molecule has 0 N–H and O–H groups in total. The Morgan fingerprint density at radius 2 is 2.07 bits per heavy atom. The van der Waals surface area contributed by atoms with Gasteiger partial charge in [-0.15, -0.1) is 0 Å². The summed E-state index contributed by atoms with van der Waals surface area (Å²) in [6.07, 6.45) is 16.1. The quantitative estimate of drug-likeness (QED) is 0.381. The molecule has 3 unspecified atom stereocenters. The van der Waals surface area contributed by atoms with Gasteiger partial charge in [0.2, 0.25) is 0 Å². The molecule has 5 atom stereocenters. The second-order valence-electron chi connectivity index (χ2n) is 10.6. The predicted molar refractivity (Wildman–Crippen MR) is 123 cm³/mol. The summed E-state index contributed by atoms with van der Waals surface area (Å²) < 4.78 is 0. The van der Waals surface area contributed by atoms with Crippen molar-refractivity contribution < 1.29 is 6.22 Å². The molecule has 5 rings (SSSR count). The van der Waals surface area contributed by atoms with Gasteiger partial charge >= 0.3 is 0 Å². The van der Waals surface area contributed by atoms with Crippen LogP contribution in [0.15, 0.2) is 35.9 Å². The summed E-state index contributed by atoms with van der Waals surface area (Å²) in [6, 6.07) is 7.27. The fourth-order valence-corrected chi connectivity index (χ4v) is 7.12. The predicted octanol–water partition coefficient (Wildman–Crippen LogP) is 7.32. The molecule has 0 bridgehead atoms. The van der Waals surface area contributed by atoms with Gasteiger partial charge in [0.15, 0.2) is 0 Å². The molecule has 1 aromatic rings. The van der Waals surface area contributed by atoms with Crippen LogP contribution in [0.5, 0.6) is 0 Å². The first-order valence-corrected chi connectivity index (χ1v) is 11.8. The van der Waals surface area contributed by atoms with E-state index in [4.69, 9.17) is 0 Å². The summed E-state index contributed by atoms with van der Waals surface area (Å²) in [7, 11) is 0. The van der Waals surface area contributed by atoms with Crippen molar-refractivity contribution in [1.82, 2.24) is 0 Å². The monoisotopic (exact) mass is 389 g/mol. The molecule has 4 aliphatic carbocycles. The Kier molecular flexibility index (Phi) is 4.84. The zero-order chi connectivity index (χ0) is 20.2. The van der Waals surface area contributed by atoms with Gasteiger partial charge in [-0.25, -0.2) is 0 Å². The zero-order valence-electron chi connectivity index (χ0n) is 18.3. The third-order valence-electron chi connectivity index (χ3n) is 8.56. The number of benzene rings is 1. The van der Waals surface area contributed by atoms with Crippen LogP contribution in [0.4, 0.5) is 0 Å². The van der Waals surface area contributed by atoms with Gasteiger partial charge in [0, 0.05) is 19.7 Å². The Labute approximate surface area is 178 Å². The minimum atomic E-state index is -0.0480. The second kappa shape index (κ2) is 7.25. The topological polar surface area (TPSA) is 17.1 Å². The van der Waals surface area contributed by atoms with Crippen LogP contribution >= 0.6 is 0 Å². The summed E-state index contributed by atoms with van der Waals surface area (Å²) >= 11 is 0. The van der Waals surface area contributed by atoms with Gasteiger partial charge < -0.3 is 0 Å². The summed E-state index contributed by atoms with van der Waals surface area (Å²) in [4.78, 5) is 12.9. The largest absolute Gasteiger partial charge is 0.299 e. The highest BCUT2D eigenvalue weighted by Gasteiger charge is 2.57. The number of hydrogen-bond acceptors (Lipinski definition) is 1. The average Bonchev–Trinajstić information content (AvgIpc) is 3.50. The normalized spacial score (nSPS) is 34.7. The number of hydrogen-bond donors (Lipinski definition) is 0. The van der Waals surface area contributed by atoms with Crippen LogP contribution in [0.25, 0.3) is 5.57 Å². The van der Waals surface area contributed by atoms with Gasteiger partial charge in [-0.1, -0.05) is 42.8 Å². The van der Waals surface area contributed by atoms with Crippen LogP contribution in [0.2, 0.25) is 0 Å². The van der Waals surface area contributed by atoms with Crippen LogP contribution in [-0.4, -0.2) is 5.78 Å². The maximum atomic E-state index is 12.9. The molecular weight excluding hydrogens is 352 g/mol. The first-order chi connectivity index (χ1) is 14.0. The molecule has 1 aromatic carbocycles. The van der Waals surface area contributed by atoms with Gasteiger partial charge in [0.25, 0.3) is 0 Å². The number of allylic oxidation sites excluding steroid dienone is 4. The van der Waals surface area contributed by atoms with Crippen molar-refractivity contribution in [1.29, 1.82) is 0 Å². The standard InChI is InChI=1S/C28H35O.H2/c1-18(2)6-4-5-7-22-17-28(3)25(14-15-26(28)29)24-13-11-21-16-20(19-8-9-19)10-12-23(21)27(22)24;/h6,8-10,12,16,22,24-25,27H,4-5,7,11,13-15,17H2,1-3H3;1H/t22-,24?,25?,27?,28-;/m0./s1. The summed E-state index contributed by atoms with van der Waals surface area (Å²) in [5.74, 6) is 3.21. The van der Waals surface area contributed by atoms with Gasteiger partial charge in [-0.05, 0) is 105 Å². The van der Waals surface area contributed by atoms with Crippen LogP contribution in [0.1, 0.15) is 89.8 Å². The van der Waals surface area contributed by atoms with Crippen LogP contribution in [-0.2, 0) is 11.2 Å². The van der Waals surface area contributed by atoms with Crippen molar-refractivity contribution in [3.63, 3.8) is 0 Å². The van der Waals surface area contributed by atoms with Crippen LogP contribution in [0.3, 0.4) is 0 Å². The van der Waals surface area contributed by atoms with Gasteiger partial charge in [-0.2, -0.15) is 0 Å². The van der Waals surface area contributed by atoms with E-state index in [1.807, 2.05) is 0 Å². The Morgan fingerprint density at radius 3 is 2.83 bits per heavy atom. The smallest absolute Gasteiger partial charge is 0.139 e. The summed E-state index contributed by atoms with van der Waals surface area (Å²) in [5, 5.41) is 0. The van der Waals surface area contributed by atoms with E-state index < -0.39 is 0 Å². The van der Waals surface area contributed by atoms with Crippen molar-refractivity contribution in [2.75, 3.05) is 0 Å². The Morgan fingerprint density at radius 1 is 1.24 bits per heavy atom. The fourth-order valence-electron chi connectivity index (χ4n) is 7.12. The number of unbranched alkanes of at least 4 members (excludes halogenated alkanes) is 1. The Bertz CT molecular complexity index is 890. The van der Waals surface area contributed by atoms with E-state index in [-0.39, 0.29) is 6.84 Å². The molecule has 2 fully saturated rings. The maximum Gasteiger partial charge on any atom is 0.139 e. The molecule has 0 heterocycles. The molecule has 29 heavy (non-hydrogen) atoms. The van der Waals surface area contributed by atoms with Crippen molar-refractivity contribution in [3.8, 4) is 0 Å². The molecule has 1 heteroatoms. The molecule has 0 aromatic heterocycles. The third kappa shape index (κ3) is 3.35. The fraction of sp³-hybridized carbons (Fsp3) is 0.571.